The largest absolute Gasteiger partial charge is 0.457 e. The molecule has 2 aromatic rings. The number of aliphatic hydroxyl groups is 1. The number of imide groups is 1. The Morgan fingerprint density at radius 3 is 2.64 bits per heavy atom. The second-order valence-electron chi connectivity index (χ2n) is 6.19. The Labute approximate surface area is 166 Å². The fourth-order valence-corrected chi connectivity index (χ4v) is 3.17. The molecule has 1 aromatic heterocycles. The first-order chi connectivity index (χ1) is 13.5. The summed E-state index contributed by atoms with van der Waals surface area (Å²) in [6.45, 7) is 1.43. The third-order valence-corrected chi connectivity index (χ3v) is 4.75. The van der Waals surface area contributed by atoms with Crippen molar-refractivity contribution in [1.82, 2.24) is 4.90 Å². The lowest BCUT2D eigenvalue weighted by Gasteiger charge is -2.27. The fraction of sp³-hybridized carbons (Fsp3) is 0.190. The molecular weight excluding hydrogens is 380 g/mol. The molecule has 6 nitrogen and oxygen atoms in total. The highest BCUT2D eigenvalue weighted by Gasteiger charge is 2.35. The molecule has 0 spiro atoms. The SMILES string of the molecule is CC1=C(C#N)C(=O)N(CCCO)C(=O)C1=Cc1ccc(-c2ccccc2Cl)o1. The van der Waals surface area contributed by atoms with E-state index in [0.717, 1.165) is 4.90 Å². The highest BCUT2D eigenvalue weighted by atomic mass is 35.5. The highest BCUT2D eigenvalue weighted by Crippen LogP contribution is 2.31. The number of aliphatic hydroxyl groups excluding tert-OH is 1. The van der Waals surface area contributed by atoms with Gasteiger partial charge in [-0.05, 0) is 49.3 Å². The molecule has 0 saturated heterocycles. The lowest BCUT2D eigenvalue weighted by molar-refractivity contribution is -0.140. The van der Waals surface area contributed by atoms with Gasteiger partial charge in [-0.15, -0.1) is 0 Å². The van der Waals surface area contributed by atoms with Crippen molar-refractivity contribution in [2.24, 2.45) is 0 Å². The van der Waals surface area contributed by atoms with Crippen LogP contribution < -0.4 is 0 Å². The standard InChI is InChI=1S/C21H17ClN2O4/c1-13-16(20(26)24(9-4-10-25)21(27)17(13)12-23)11-14-7-8-19(28-14)15-5-2-3-6-18(15)22/h2-3,5-8,11,25H,4,9-10H2,1H3. The van der Waals surface area contributed by atoms with Crippen LogP contribution in [0.3, 0.4) is 0 Å². The summed E-state index contributed by atoms with van der Waals surface area (Å²) in [5, 5.41) is 18.9. The van der Waals surface area contributed by atoms with Crippen LogP contribution in [0.15, 0.2) is 57.5 Å². The average Bonchev–Trinajstić information content (AvgIpc) is 3.14. The van der Waals surface area contributed by atoms with Gasteiger partial charge < -0.3 is 9.52 Å². The molecule has 3 rings (SSSR count). The summed E-state index contributed by atoms with van der Waals surface area (Å²) < 4.78 is 5.80. The lowest BCUT2D eigenvalue weighted by Crippen LogP contribution is -2.43. The van der Waals surface area contributed by atoms with E-state index in [-0.39, 0.29) is 30.7 Å². The summed E-state index contributed by atoms with van der Waals surface area (Å²) in [5.41, 5.74) is 1.12. The number of amides is 2. The first-order valence-corrected chi connectivity index (χ1v) is 9.00. The van der Waals surface area contributed by atoms with Gasteiger partial charge in [-0.25, -0.2) is 0 Å². The van der Waals surface area contributed by atoms with Gasteiger partial charge in [0, 0.05) is 24.3 Å². The predicted molar refractivity (Wildman–Crippen MR) is 104 cm³/mol. The van der Waals surface area contributed by atoms with Crippen molar-refractivity contribution >= 4 is 29.5 Å². The minimum atomic E-state index is -0.646. The molecule has 0 atom stereocenters. The molecule has 0 fully saturated rings. The summed E-state index contributed by atoms with van der Waals surface area (Å²) in [4.78, 5) is 26.2. The Hall–Kier alpha value is -3.14. The summed E-state index contributed by atoms with van der Waals surface area (Å²) in [6, 6.07) is 12.5. The van der Waals surface area contributed by atoms with Crippen LogP contribution >= 0.6 is 11.6 Å². The maximum Gasteiger partial charge on any atom is 0.271 e. The molecule has 0 aliphatic carbocycles. The van der Waals surface area contributed by atoms with Gasteiger partial charge >= 0.3 is 0 Å². The Morgan fingerprint density at radius 1 is 1.21 bits per heavy atom. The third kappa shape index (κ3) is 3.63. The summed E-state index contributed by atoms with van der Waals surface area (Å²) in [7, 11) is 0. The Morgan fingerprint density at radius 2 is 1.96 bits per heavy atom. The van der Waals surface area contributed by atoms with E-state index >= 15 is 0 Å². The van der Waals surface area contributed by atoms with Crippen LogP contribution in [0.4, 0.5) is 0 Å². The van der Waals surface area contributed by atoms with Gasteiger partial charge in [0.05, 0.1) is 5.02 Å². The maximum atomic E-state index is 12.8. The van der Waals surface area contributed by atoms with Crippen LogP contribution in [0, 0.1) is 11.3 Å². The average molecular weight is 397 g/mol. The number of rotatable bonds is 5. The normalized spacial score (nSPS) is 16.1. The van der Waals surface area contributed by atoms with Crippen LogP contribution in [-0.4, -0.2) is 35.0 Å². The summed E-state index contributed by atoms with van der Waals surface area (Å²) in [6.07, 6.45) is 1.74. The van der Waals surface area contributed by atoms with Crippen LogP contribution in [0.1, 0.15) is 19.1 Å². The molecule has 2 heterocycles. The molecule has 2 amide bonds. The van der Waals surface area contributed by atoms with E-state index in [1.807, 2.05) is 24.3 Å². The number of hydrogen-bond acceptors (Lipinski definition) is 5. The summed E-state index contributed by atoms with van der Waals surface area (Å²) in [5.74, 6) is -0.236. The molecule has 1 N–H and O–H groups in total. The third-order valence-electron chi connectivity index (χ3n) is 4.42. The zero-order valence-corrected chi connectivity index (χ0v) is 15.9. The van der Waals surface area contributed by atoms with E-state index in [1.54, 1.807) is 25.1 Å². The second kappa shape index (κ2) is 8.26. The molecule has 1 aromatic carbocycles. The van der Waals surface area contributed by atoms with Crippen molar-refractivity contribution < 1.29 is 19.1 Å². The van der Waals surface area contributed by atoms with Crippen LogP contribution in [0.2, 0.25) is 5.02 Å². The first kappa shape index (κ1) is 19.6. The van der Waals surface area contributed by atoms with Crippen LogP contribution in [-0.2, 0) is 9.59 Å². The molecule has 0 unspecified atom stereocenters. The second-order valence-corrected chi connectivity index (χ2v) is 6.60. The number of halogens is 1. The molecule has 0 saturated carbocycles. The van der Waals surface area contributed by atoms with Gasteiger partial charge in [0.15, 0.2) is 0 Å². The van der Waals surface area contributed by atoms with Gasteiger partial charge in [-0.1, -0.05) is 23.7 Å². The molecule has 142 valence electrons. The van der Waals surface area contributed by atoms with Gasteiger partial charge in [0.2, 0.25) is 0 Å². The van der Waals surface area contributed by atoms with E-state index in [2.05, 4.69) is 0 Å². The van der Waals surface area contributed by atoms with Crippen molar-refractivity contribution in [3.8, 4) is 17.4 Å². The van der Waals surface area contributed by atoms with Crippen LogP contribution in [0.25, 0.3) is 17.4 Å². The molecule has 0 bridgehead atoms. The van der Waals surface area contributed by atoms with Gasteiger partial charge in [0.1, 0.15) is 23.2 Å². The number of nitrogens with zero attached hydrogens (tertiary/aromatic N) is 2. The molecule has 0 radical (unpaired) electrons. The quantitative estimate of drug-likeness (QED) is 0.615. The lowest BCUT2D eigenvalue weighted by atomic mass is 9.94. The first-order valence-electron chi connectivity index (χ1n) is 8.62. The minimum absolute atomic E-state index is 0.0347. The fourth-order valence-electron chi connectivity index (χ4n) is 2.94. The number of carbonyl (C=O) groups excluding carboxylic acids is 2. The van der Waals surface area contributed by atoms with Crippen molar-refractivity contribution in [3.05, 3.63) is 63.9 Å². The Balaban J connectivity index is 2.02. The predicted octanol–water partition coefficient (Wildman–Crippen LogP) is 3.57. The van der Waals surface area contributed by atoms with Gasteiger partial charge in [-0.2, -0.15) is 5.26 Å². The van der Waals surface area contributed by atoms with Crippen molar-refractivity contribution in [2.45, 2.75) is 13.3 Å². The van der Waals surface area contributed by atoms with E-state index in [9.17, 15) is 14.9 Å². The number of benzene rings is 1. The summed E-state index contributed by atoms with van der Waals surface area (Å²) >= 11 is 6.19. The molecule has 7 heteroatoms. The zero-order valence-electron chi connectivity index (χ0n) is 15.1. The van der Waals surface area contributed by atoms with E-state index in [4.69, 9.17) is 21.1 Å². The van der Waals surface area contributed by atoms with Crippen molar-refractivity contribution in [2.75, 3.05) is 13.2 Å². The van der Waals surface area contributed by atoms with Gasteiger partial charge in [0.25, 0.3) is 11.8 Å². The van der Waals surface area contributed by atoms with E-state index in [1.165, 1.54) is 6.08 Å². The van der Waals surface area contributed by atoms with E-state index in [0.29, 0.717) is 27.7 Å². The minimum Gasteiger partial charge on any atom is -0.457 e. The number of furan rings is 1. The molecule has 28 heavy (non-hydrogen) atoms. The number of carbonyl (C=O) groups is 2. The van der Waals surface area contributed by atoms with E-state index < -0.39 is 11.8 Å². The smallest absolute Gasteiger partial charge is 0.271 e. The topological polar surface area (TPSA) is 94.5 Å². The molecular formula is C21H17ClN2O4. The highest BCUT2D eigenvalue weighted by molar-refractivity contribution is 6.33. The van der Waals surface area contributed by atoms with Crippen LogP contribution in [0.5, 0.6) is 0 Å². The Bertz CT molecular complexity index is 1040. The van der Waals surface area contributed by atoms with Crippen molar-refractivity contribution in [3.63, 3.8) is 0 Å². The van der Waals surface area contributed by atoms with Crippen molar-refractivity contribution in [1.29, 1.82) is 5.26 Å². The van der Waals surface area contributed by atoms with Gasteiger partial charge in [-0.3, -0.25) is 14.5 Å². The Kier molecular flexibility index (Phi) is 5.78. The molecule has 1 aliphatic heterocycles. The monoisotopic (exact) mass is 396 g/mol. The maximum absolute atomic E-state index is 12.8. The zero-order chi connectivity index (χ0) is 20.3. The number of hydrogen-bond donors (Lipinski definition) is 1. The molecule has 1 aliphatic rings. The number of nitriles is 1.